The first-order chi connectivity index (χ1) is 14.4. The van der Waals surface area contributed by atoms with Crippen molar-refractivity contribution < 1.29 is 13.2 Å². The number of likely N-dealkylation sites (tertiary alicyclic amines) is 1. The van der Waals surface area contributed by atoms with Crippen LogP contribution >= 0.6 is 11.3 Å². The van der Waals surface area contributed by atoms with Gasteiger partial charge in [-0.05, 0) is 62.0 Å². The molecule has 164 valence electrons. The zero-order valence-corrected chi connectivity index (χ0v) is 19.6. The van der Waals surface area contributed by atoms with Crippen molar-refractivity contribution in [1.82, 2.24) is 9.21 Å². The van der Waals surface area contributed by atoms with Gasteiger partial charge in [0.15, 0.2) is 0 Å². The first kappa shape index (κ1) is 23.0. The zero-order valence-electron chi connectivity index (χ0n) is 17.9. The minimum Gasteiger partial charge on any atom is -0.343 e. The van der Waals surface area contributed by atoms with Crippen molar-refractivity contribution in [2.24, 2.45) is 5.92 Å². The van der Waals surface area contributed by atoms with Gasteiger partial charge in [0, 0.05) is 33.1 Å². The fourth-order valence-corrected chi connectivity index (χ4v) is 6.30. The first-order valence-corrected chi connectivity index (χ1v) is 13.0. The van der Waals surface area contributed by atoms with Crippen molar-refractivity contribution >= 4 is 27.3 Å². The summed E-state index contributed by atoms with van der Waals surface area (Å²) in [6.07, 6.45) is 5.35. The highest BCUT2D eigenvalue weighted by molar-refractivity contribution is 7.91. The Morgan fingerprint density at radius 2 is 1.87 bits per heavy atom. The van der Waals surface area contributed by atoms with Crippen LogP contribution in [0.3, 0.4) is 0 Å². The molecule has 1 fully saturated rings. The van der Waals surface area contributed by atoms with E-state index in [1.807, 2.05) is 4.90 Å². The smallest absolute Gasteiger partial charge is 0.252 e. The lowest BCUT2D eigenvalue weighted by molar-refractivity contribution is -0.132. The summed E-state index contributed by atoms with van der Waals surface area (Å²) in [5.41, 5.74) is 2.68. The van der Waals surface area contributed by atoms with Crippen molar-refractivity contribution in [2.45, 2.75) is 49.7 Å². The van der Waals surface area contributed by atoms with E-state index in [0.717, 1.165) is 32.4 Å². The Hall–Kier alpha value is -1.70. The molecule has 1 aliphatic heterocycles. The van der Waals surface area contributed by atoms with E-state index in [2.05, 4.69) is 31.2 Å². The molecule has 0 saturated carbocycles. The normalized spacial score (nSPS) is 15.6. The number of sulfonamides is 1. The molecule has 0 bridgehead atoms. The highest BCUT2D eigenvalue weighted by Crippen LogP contribution is 2.24. The number of hydrogen-bond acceptors (Lipinski definition) is 4. The van der Waals surface area contributed by atoms with Gasteiger partial charge in [-0.1, -0.05) is 35.9 Å². The van der Waals surface area contributed by atoms with Gasteiger partial charge in [-0.2, -0.15) is 0 Å². The quantitative estimate of drug-likeness (QED) is 0.574. The van der Waals surface area contributed by atoms with E-state index in [1.165, 1.54) is 33.2 Å². The highest BCUT2D eigenvalue weighted by atomic mass is 32.2. The second kappa shape index (κ2) is 10.6. The van der Waals surface area contributed by atoms with Crippen LogP contribution in [0.25, 0.3) is 0 Å². The van der Waals surface area contributed by atoms with Crippen molar-refractivity contribution in [3.05, 3.63) is 52.9 Å². The lowest BCUT2D eigenvalue weighted by Crippen LogP contribution is -2.39. The Balaban J connectivity index is 1.35. The average Bonchev–Trinajstić information content (AvgIpc) is 3.29. The van der Waals surface area contributed by atoms with Gasteiger partial charge in [0.1, 0.15) is 4.21 Å². The van der Waals surface area contributed by atoms with Crippen LogP contribution in [0.15, 0.2) is 46.0 Å². The molecule has 0 radical (unpaired) electrons. The van der Waals surface area contributed by atoms with Crippen LogP contribution in [0.4, 0.5) is 0 Å². The van der Waals surface area contributed by atoms with Gasteiger partial charge in [0.25, 0.3) is 10.0 Å². The number of hydrogen-bond donors (Lipinski definition) is 0. The number of benzene rings is 1. The number of thiophene rings is 1. The lowest BCUT2D eigenvalue weighted by Gasteiger charge is -2.32. The summed E-state index contributed by atoms with van der Waals surface area (Å²) in [4.78, 5) is 14.5. The van der Waals surface area contributed by atoms with Crippen LogP contribution < -0.4 is 0 Å². The first-order valence-electron chi connectivity index (χ1n) is 10.7. The summed E-state index contributed by atoms with van der Waals surface area (Å²) in [6.45, 7) is 4.11. The average molecular weight is 449 g/mol. The number of carbonyl (C=O) groups is 1. The Kier molecular flexibility index (Phi) is 8.08. The van der Waals surface area contributed by atoms with E-state index in [9.17, 15) is 13.2 Å². The van der Waals surface area contributed by atoms with Gasteiger partial charge in [-0.15, -0.1) is 11.3 Å². The van der Waals surface area contributed by atoms with E-state index in [-0.39, 0.29) is 5.91 Å². The minimum absolute atomic E-state index is 0.147. The van der Waals surface area contributed by atoms with Crippen molar-refractivity contribution in [3.8, 4) is 0 Å². The number of aryl methyl sites for hydroxylation is 2. The molecule has 7 heteroatoms. The van der Waals surface area contributed by atoms with Crippen molar-refractivity contribution in [2.75, 3.05) is 26.7 Å². The Morgan fingerprint density at radius 3 is 2.50 bits per heavy atom. The van der Waals surface area contributed by atoms with Gasteiger partial charge in [-0.25, -0.2) is 12.7 Å². The summed E-state index contributed by atoms with van der Waals surface area (Å²) in [7, 11) is -1.85. The molecule has 0 unspecified atom stereocenters. The monoisotopic (exact) mass is 448 g/mol. The number of amides is 1. The maximum Gasteiger partial charge on any atom is 0.252 e. The molecule has 1 aliphatic rings. The molecule has 3 rings (SSSR count). The van der Waals surface area contributed by atoms with Gasteiger partial charge in [0.2, 0.25) is 5.91 Å². The van der Waals surface area contributed by atoms with Crippen molar-refractivity contribution in [1.29, 1.82) is 0 Å². The van der Waals surface area contributed by atoms with Gasteiger partial charge < -0.3 is 4.90 Å². The predicted octanol–water partition coefficient (Wildman–Crippen LogP) is 4.33. The van der Waals surface area contributed by atoms with Crippen LogP contribution in [0.1, 0.15) is 43.2 Å². The van der Waals surface area contributed by atoms with Crippen LogP contribution in [0.2, 0.25) is 0 Å². The number of piperidine rings is 1. The maximum atomic E-state index is 12.5. The second-order valence-corrected chi connectivity index (χ2v) is 11.4. The fourth-order valence-electron chi connectivity index (χ4n) is 3.89. The molecule has 0 N–H and O–H groups in total. The van der Waals surface area contributed by atoms with E-state index in [1.54, 1.807) is 24.6 Å². The van der Waals surface area contributed by atoms with E-state index in [0.29, 0.717) is 29.5 Å². The predicted molar refractivity (Wildman–Crippen MR) is 122 cm³/mol. The molecule has 0 aliphatic carbocycles. The summed E-state index contributed by atoms with van der Waals surface area (Å²) >= 11 is 1.22. The Morgan fingerprint density at radius 1 is 1.17 bits per heavy atom. The molecule has 0 atom stereocenters. The topological polar surface area (TPSA) is 57.7 Å². The number of rotatable bonds is 9. The largest absolute Gasteiger partial charge is 0.343 e. The zero-order chi connectivity index (χ0) is 21.6. The fraction of sp³-hybridized carbons (Fsp3) is 0.522. The Labute approximate surface area is 184 Å². The SMILES string of the molecule is Cc1ccc(CCC2CCN(C(=O)CCCN(C)S(=O)(=O)c3cccs3)CC2)cc1. The molecule has 5 nitrogen and oxygen atoms in total. The van der Waals surface area contributed by atoms with Gasteiger partial charge >= 0.3 is 0 Å². The number of nitrogens with zero attached hydrogens (tertiary/aromatic N) is 2. The van der Waals surface area contributed by atoms with Crippen LogP contribution in [0.5, 0.6) is 0 Å². The van der Waals surface area contributed by atoms with Gasteiger partial charge in [0.05, 0.1) is 0 Å². The molecular weight excluding hydrogens is 416 g/mol. The standard InChI is InChI=1S/C23H32N2O3S2/c1-19-7-9-20(10-8-19)11-12-21-13-16-25(17-14-21)22(26)5-3-15-24(2)30(27,28)23-6-4-18-29-23/h4,6-10,18,21H,3,5,11-17H2,1-2H3. The molecule has 1 aromatic heterocycles. The van der Waals surface area contributed by atoms with Crippen LogP contribution in [-0.4, -0.2) is 50.2 Å². The molecule has 1 aromatic carbocycles. The maximum absolute atomic E-state index is 12.5. The molecule has 2 aromatic rings. The summed E-state index contributed by atoms with van der Waals surface area (Å²) in [5.74, 6) is 0.825. The third kappa shape index (κ3) is 6.15. The highest BCUT2D eigenvalue weighted by Gasteiger charge is 2.24. The summed E-state index contributed by atoms with van der Waals surface area (Å²) in [6, 6.07) is 12.1. The number of carbonyl (C=O) groups excluding carboxylic acids is 1. The molecule has 1 saturated heterocycles. The summed E-state index contributed by atoms with van der Waals surface area (Å²) < 4.78 is 26.6. The minimum atomic E-state index is -3.43. The van der Waals surface area contributed by atoms with Crippen LogP contribution in [-0.2, 0) is 21.2 Å². The third-order valence-electron chi connectivity index (χ3n) is 5.95. The van der Waals surface area contributed by atoms with E-state index < -0.39 is 10.0 Å². The third-order valence-corrected chi connectivity index (χ3v) is 9.18. The Bertz CT molecular complexity index is 900. The van der Waals surface area contributed by atoms with E-state index in [4.69, 9.17) is 0 Å². The lowest BCUT2D eigenvalue weighted by atomic mass is 9.90. The molecule has 0 spiro atoms. The van der Waals surface area contributed by atoms with Crippen LogP contribution in [0, 0.1) is 12.8 Å². The van der Waals surface area contributed by atoms with Crippen molar-refractivity contribution in [3.63, 3.8) is 0 Å². The molecule has 2 heterocycles. The second-order valence-electron chi connectivity index (χ2n) is 8.21. The summed E-state index contributed by atoms with van der Waals surface area (Å²) in [5, 5.41) is 1.76. The van der Waals surface area contributed by atoms with Gasteiger partial charge in [-0.3, -0.25) is 4.79 Å². The molecular formula is C23H32N2O3S2. The van der Waals surface area contributed by atoms with E-state index >= 15 is 0 Å². The molecule has 1 amide bonds. The molecule has 30 heavy (non-hydrogen) atoms.